The van der Waals surface area contributed by atoms with Gasteiger partial charge in [0.2, 0.25) is 0 Å². The lowest BCUT2D eigenvalue weighted by Gasteiger charge is -2.25. The van der Waals surface area contributed by atoms with Gasteiger partial charge in [0.25, 0.3) is 0 Å². The molecule has 1 rings (SSSR count). The Morgan fingerprint density at radius 2 is 2.20 bits per heavy atom. The summed E-state index contributed by atoms with van der Waals surface area (Å²) in [6, 6.07) is 0. The third kappa shape index (κ3) is 4.36. The lowest BCUT2D eigenvalue weighted by atomic mass is 10.2. The van der Waals surface area contributed by atoms with Crippen molar-refractivity contribution in [2.24, 2.45) is 0 Å². The minimum absolute atomic E-state index is 0.0760. The Morgan fingerprint density at radius 3 is 2.80 bits per heavy atom. The van der Waals surface area contributed by atoms with Crippen molar-refractivity contribution < 1.29 is 23.0 Å². The van der Waals surface area contributed by atoms with Crippen molar-refractivity contribution in [2.75, 3.05) is 26.2 Å². The zero-order valence-electron chi connectivity index (χ0n) is 8.63. The quantitative estimate of drug-likeness (QED) is 0.764. The van der Waals surface area contributed by atoms with Crippen LogP contribution < -0.4 is 0 Å². The van der Waals surface area contributed by atoms with E-state index in [1.165, 1.54) is 0 Å². The third-order valence-electron chi connectivity index (χ3n) is 2.35. The lowest BCUT2D eigenvalue weighted by Crippen LogP contribution is -2.43. The maximum absolute atomic E-state index is 12.1. The lowest BCUT2D eigenvalue weighted by molar-refractivity contribution is -0.208. The molecule has 0 spiro atoms. The Labute approximate surface area is 86.8 Å². The number of β-amino-alcohol motifs (C(OH)–C–C–N with tert-alkyl or cyclic N) is 1. The first-order valence-electron chi connectivity index (χ1n) is 4.98. The van der Waals surface area contributed by atoms with Gasteiger partial charge in [-0.15, -0.1) is 0 Å². The van der Waals surface area contributed by atoms with Crippen molar-refractivity contribution in [2.45, 2.75) is 31.7 Å². The van der Waals surface area contributed by atoms with Gasteiger partial charge >= 0.3 is 6.18 Å². The van der Waals surface area contributed by atoms with Crippen LogP contribution in [0, 0.1) is 0 Å². The number of hydrogen-bond donors (Lipinski definition) is 1. The van der Waals surface area contributed by atoms with Crippen LogP contribution in [-0.2, 0) is 4.74 Å². The molecule has 0 aromatic rings. The molecule has 0 bridgehead atoms. The average molecular weight is 227 g/mol. The summed E-state index contributed by atoms with van der Waals surface area (Å²) in [6.45, 7) is 3.00. The van der Waals surface area contributed by atoms with E-state index >= 15 is 0 Å². The third-order valence-corrected chi connectivity index (χ3v) is 2.35. The highest BCUT2D eigenvalue weighted by Gasteiger charge is 2.39. The minimum atomic E-state index is -4.53. The second-order valence-electron chi connectivity index (χ2n) is 3.85. The minimum Gasteiger partial charge on any atom is -0.382 e. The second kappa shape index (κ2) is 5.14. The van der Waals surface area contributed by atoms with E-state index in [-0.39, 0.29) is 12.6 Å². The summed E-state index contributed by atoms with van der Waals surface area (Å²) in [5.74, 6) is 0. The molecule has 2 atom stereocenters. The Hall–Kier alpha value is -0.330. The van der Waals surface area contributed by atoms with Gasteiger partial charge in [0, 0.05) is 26.2 Å². The monoisotopic (exact) mass is 227 g/mol. The molecule has 1 N–H and O–H groups in total. The topological polar surface area (TPSA) is 32.7 Å². The van der Waals surface area contributed by atoms with Gasteiger partial charge in [0.15, 0.2) is 6.10 Å². The van der Waals surface area contributed by atoms with Gasteiger partial charge in [-0.25, -0.2) is 0 Å². The molecule has 3 nitrogen and oxygen atoms in total. The van der Waals surface area contributed by atoms with Crippen LogP contribution in [0.2, 0.25) is 0 Å². The van der Waals surface area contributed by atoms with E-state index in [1.807, 2.05) is 6.92 Å². The fourth-order valence-corrected chi connectivity index (χ4v) is 1.59. The highest BCUT2D eigenvalue weighted by atomic mass is 19.4. The van der Waals surface area contributed by atoms with E-state index in [2.05, 4.69) is 0 Å². The van der Waals surface area contributed by atoms with E-state index in [0.29, 0.717) is 26.1 Å². The van der Waals surface area contributed by atoms with Crippen LogP contribution in [-0.4, -0.2) is 54.6 Å². The molecule has 0 saturated carbocycles. The number of aliphatic hydroxyl groups excluding tert-OH is 1. The highest BCUT2D eigenvalue weighted by molar-refractivity contribution is 4.74. The maximum atomic E-state index is 12.1. The van der Waals surface area contributed by atoms with E-state index in [9.17, 15) is 13.2 Å². The summed E-state index contributed by atoms with van der Waals surface area (Å²) in [5.41, 5.74) is 0. The predicted octanol–water partition coefficient (Wildman–Crippen LogP) is 1.02. The fourth-order valence-electron chi connectivity index (χ4n) is 1.59. The molecular formula is C9H16F3NO2. The number of rotatable bonds is 2. The first-order valence-corrected chi connectivity index (χ1v) is 4.98. The van der Waals surface area contributed by atoms with Gasteiger partial charge < -0.3 is 9.84 Å². The van der Waals surface area contributed by atoms with Crippen LogP contribution in [0.4, 0.5) is 13.2 Å². The van der Waals surface area contributed by atoms with Crippen LogP contribution >= 0.6 is 0 Å². The summed E-state index contributed by atoms with van der Waals surface area (Å²) in [6.07, 6.45) is -6.17. The van der Waals surface area contributed by atoms with Gasteiger partial charge in [0.1, 0.15) is 0 Å². The molecule has 0 aliphatic carbocycles. The SMILES string of the molecule is C[C@@H]1CN(C[C@H](O)C(F)(F)F)CCCO1. The molecule has 0 unspecified atom stereocenters. The van der Waals surface area contributed by atoms with Crippen molar-refractivity contribution in [3.63, 3.8) is 0 Å². The smallest absolute Gasteiger partial charge is 0.382 e. The molecule has 1 saturated heterocycles. The van der Waals surface area contributed by atoms with Gasteiger partial charge in [-0.2, -0.15) is 13.2 Å². The normalized spacial score (nSPS) is 27.4. The van der Waals surface area contributed by atoms with E-state index in [4.69, 9.17) is 9.84 Å². The summed E-state index contributed by atoms with van der Waals surface area (Å²) >= 11 is 0. The predicted molar refractivity (Wildman–Crippen MR) is 48.5 cm³/mol. The maximum Gasteiger partial charge on any atom is 0.415 e. The summed E-state index contributed by atoms with van der Waals surface area (Å²) in [7, 11) is 0. The molecule has 1 aliphatic heterocycles. The Balaban J connectivity index is 2.42. The second-order valence-corrected chi connectivity index (χ2v) is 3.85. The molecule has 0 amide bonds. The molecule has 0 aromatic heterocycles. The largest absolute Gasteiger partial charge is 0.415 e. The van der Waals surface area contributed by atoms with Crippen LogP contribution in [0.3, 0.4) is 0 Å². The van der Waals surface area contributed by atoms with Crippen LogP contribution in [0.5, 0.6) is 0 Å². The zero-order valence-corrected chi connectivity index (χ0v) is 8.63. The summed E-state index contributed by atoms with van der Waals surface area (Å²) in [4.78, 5) is 1.59. The molecule has 90 valence electrons. The molecule has 1 fully saturated rings. The molecule has 1 heterocycles. The van der Waals surface area contributed by atoms with Gasteiger partial charge in [0.05, 0.1) is 6.10 Å². The van der Waals surface area contributed by atoms with Gasteiger partial charge in [-0.3, -0.25) is 4.90 Å². The summed E-state index contributed by atoms with van der Waals surface area (Å²) < 4.78 is 41.6. The molecule has 0 aromatic carbocycles. The number of nitrogens with zero attached hydrogens (tertiary/aromatic N) is 1. The number of alkyl halides is 3. The zero-order chi connectivity index (χ0) is 11.5. The van der Waals surface area contributed by atoms with Crippen molar-refractivity contribution in [3.8, 4) is 0 Å². The van der Waals surface area contributed by atoms with Gasteiger partial charge in [-0.05, 0) is 13.3 Å². The van der Waals surface area contributed by atoms with Crippen molar-refractivity contribution in [3.05, 3.63) is 0 Å². The van der Waals surface area contributed by atoms with Crippen LogP contribution in [0.1, 0.15) is 13.3 Å². The highest BCUT2D eigenvalue weighted by Crippen LogP contribution is 2.21. The Bertz CT molecular complexity index is 198. The molecule has 0 radical (unpaired) electrons. The number of ether oxygens (including phenoxy) is 1. The molecule has 6 heteroatoms. The number of halogens is 3. The Morgan fingerprint density at radius 1 is 1.53 bits per heavy atom. The van der Waals surface area contributed by atoms with Crippen molar-refractivity contribution in [1.82, 2.24) is 4.90 Å². The van der Waals surface area contributed by atoms with Crippen molar-refractivity contribution in [1.29, 1.82) is 0 Å². The van der Waals surface area contributed by atoms with E-state index in [1.54, 1.807) is 4.90 Å². The van der Waals surface area contributed by atoms with Gasteiger partial charge in [-0.1, -0.05) is 0 Å². The Kier molecular flexibility index (Phi) is 4.36. The molecular weight excluding hydrogens is 211 g/mol. The first kappa shape index (κ1) is 12.7. The number of aliphatic hydroxyl groups is 1. The van der Waals surface area contributed by atoms with Crippen LogP contribution in [0.15, 0.2) is 0 Å². The fraction of sp³-hybridized carbons (Fsp3) is 1.00. The first-order chi connectivity index (χ1) is 6.89. The molecule has 15 heavy (non-hydrogen) atoms. The average Bonchev–Trinajstić information content (AvgIpc) is 2.28. The standard InChI is InChI=1S/C9H16F3NO2/c1-7-5-13(3-2-4-15-7)6-8(14)9(10,11)12/h7-8,14H,2-6H2,1H3/t7-,8+/m1/s1. The van der Waals surface area contributed by atoms with E-state index in [0.717, 1.165) is 0 Å². The molecule has 1 aliphatic rings. The number of hydrogen-bond acceptors (Lipinski definition) is 3. The van der Waals surface area contributed by atoms with E-state index < -0.39 is 12.3 Å². The van der Waals surface area contributed by atoms with Crippen LogP contribution in [0.25, 0.3) is 0 Å². The summed E-state index contributed by atoms with van der Waals surface area (Å²) in [5, 5.41) is 8.91. The van der Waals surface area contributed by atoms with Crippen molar-refractivity contribution >= 4 is 0 Å².